The van der Waals surface area contributed by atoms with Crippen LogP contribution in [0.3, 0.4) is 0 Å². The van der Waals surface area contributed by atoms with E-state index in [1.54, 1.807) is 48.5 Å². The lowest BCUT2D eigenvalue weighted by Crippen LogP contribution is -2.53. The van der Waals surface area contributed by atoms with Gasteiger partial charge in [0.25, 0.3) is 5.91 Å². The molecule has 0 saturated carbocycles. The first kappa shape index (κ1) is 35.7. The molecule has 2 aromatic carbocycles. The molecule has 2 atom stereocenters. The maximum absolute atomic E-state index is 13.5. The minimum Gasteiger partial charge on any atom is -0.481 e. The second kappa shape index (κ2) is 17.1. The molecule has 0 aromatic heterocycles. The Morgan fingerprint density at radius 2 is 1.63 bits per heavy atom. The molecule has 0 radical (unpaired) electrons. The smallest absolute Gasteiger partial charge is 0.305 e. The lowest BCUT2D eigenvalue weighted by Gasteiger charge is -2.29. The molecular weight excluding hydrogens is 637 g/mol. The van der Waals surface area contributed by atoms with Crippen molar-refractivity contribution in [3.8, 4) is 0 Å². The number of carbonyl (C=O) groups is 6. The first-order chi connectivity index (χ1) is 21.9. The molecule has 17 heteroatoms. The highest BCUT2D eigenvalue weighted by molar-refractivity contribution is 8.76. The summed E-state index contributed by atoms with van der Waals surface area (Å²) in [5.41, 5.74) is 11.5. The molecule has 2 aromatic rings. The molecule has 3 rings (SSSR count). The van der Waals surface area contributed by atoms with Crippen LogP contribution in [0.1, 0.15) is 29.6 Å². The van der Waals surface area contributed by atoms with E-state index in [0.717, 1.165) is 0 Å². The van der Waals surface area contributed by atoms with Gasteiger partial charge in [-0.3, -0.25) is 33.8 Å². The molecule has 1 aliphatic rings. The number of hydrogen-bond acceptors (Lipinski definition) is 9. The molecular formula is C29H36N8O7S2. The molecule has 0 fully saturated rings. The highest BCUT2D eigenvalue weighted by atomic mass is 33.1. The summed E-state index contributed by atoms with van der Waals surface area (Å²) < 4.78 is 0. The van der Waals surface area contributed by atoms with E-state index in [1.165, 1.54) is 45.5 Å². The van der Waals surface area contributed by atoms with Crippen LogP contribution in [0, 0.1) is 0 Å². The maximum atomic E-state index is 13.5. The van der Waals surface area contributed by atoms with E-state index >= 15 is 0 Å². The minimum absolute atomic E-state index is 0.115. The number of benzene rings is 2. The molecule has 0 unspecified atom stereocenters. The molecule has 0 spiro atoms. The van der Waals surface area contributed by atoms with Gasteiger partial charge in [0, 0.05) is 30.4 Å². The molecule has 0 aliphatic carbocycles. The van der Waals surface area contributed by atoms with Crippen molar-refractivity contribution >= 4 is 68.7 Å². The SMILES string of the molecule is CN1CC(=O)N(C)[C@@H](CCCN=C(N)N)C(=O)NCC(=O)N[C@@H](CC(=O)O)C(=O)Nc2ccccc2SSc2ccccc2C1=O. The molecule has 246 valence electrons. The Kier molecular flexibility index (Phi) is 13.2. The third-order valence-corrected chi connectivity index (χ3v) is 9.23. The average Bonchev–Trinajstić information content (AvgIpc) is 3.01. The number of rotatable bonds is 6. The monoisotopic (exact) mass is 672 g/mol. The maximum Gasteiger partial charge on any atom is 0.305 e. The number of nitrogens with two attached hydrogens (primary N) is 2. The number of carboxylic acids is 1. The van der Waals surface area contributed by atoms with E-state index in [-0.39, 0.29) is 25.5 Å². The molecule has 1 aliphatic heterocycles. The molecule has 46 heavy (non-hydrogen) atoms. The van der Waals surface area contributed by atoms with Crippen molar-refractivity contribution in [3.05, 3.63) is 54.1 Å². The predicted octanol–water partition coefficient (Wildman–Crippen LogP) is 0.466. The van der Waals surface area contributed by atoms with E-state index < -0.39 is 60.6 Å². The van der Waals surface area contributed by atoms with Crippen LogP contribution in [0.4, 0.5) is 5.69 Å². The molecule has 0 saturated heterocycles. The molecule has 8 N–H and O–H groups in total. The third kappa shape index (κ3) is 10.4. The van der Waals surface area contributed by atoms with Crippen molar-refractivity contribution in [3.63, 3.8) is 0 Å². The van der Waals surface area contributed by atoms with Gasteiger partial charge in [-0.15, -0.1) is 0 Å². The summed E-state index contributed by atoms with van der Waals surface area (Å²) in [7, 11) is 5.39. The predicted molar refractivity (Wildman–Crippen MR) is 174 cm³/mol. The zero-order valence-corrected chi connectivity index (χ0v) is 26.9. The quantitative estimate of drug-likeness (QED) is 0.107. The van der Waals surface area contributed by atoms with Crippen LogP contribution in [0.5, 0.6) is 0 Å². The summed E-state index contributed by atoms with van der Waals surface area (Å²) in [4.78, 5) is 85.1. The number of aliphatic carboxylic acids is 1. The average molecular weight is 673 g/mol. The molecule has 0 bridgehead atoms. The summed E-state index contributed by atoms with van der Waals surface area (Å²) in [6.45, 7) is -0.771. The molecule has 15 nitrogen and oxygen atoms in total. The van der Waals surface area contributed by atoms with Gasteiger partial charge in [0.1, 0.15) is 12.1 Å². The molecule has 1 heterocycles. The Hall–Kier alpha value is -4.77. The van der Waals surface area contributed by atoms with Crippen LogP contribution >= 0.6 is 21.6 Å². The van der Waals surface area contributed by atoms with Crippen molar-refractivity contribution < 1.29 is 33.9 Å². The van der Waals surface area contributed by atoms with Crippen LogP contribution in [0.15, 0.2) is 63.3 Å². The summed E-state index contributed by atoms with van der Waals surface area (Å²) in [6, 6.07) is 11.1. The fourth-order valence-electron chi connectivity index (χ4n) is 4.34. The Morgan fingerprint density at radius 1 is 0.978 bits per heavy atom. The van der Waals surface area contributed by atoms with Crippen molar-refractivity contribution in [2.45, 2.75) is 41.1 Å². The highest BCUT2D eigenvalue weighted by Gasteiger charge is 2.30. The second-order valence-electron chi connectivity index (χ2n) is 10.2. The fourth-order valence-corrected chi connectivity index (χ4v) is 6.65. The van der Waals surface area contributed by atoms with Gasteiger partial charge in [-0.2, -0.15) is 0 Å². The number of para-hydroxylation sites is 1. The number of nitrogens with zero attached hydrogens (tertiary/aromatic N) is 3. The standard InChI is InChI=1S/C29H36N8O7S2/c1-36-16-24(39)37(2)20(10-7-13-32-29(30)31)27(43)33-15-23(38)34-19(14-25(40)41)26(42)35-18-9-4-6-12-22(18)46-45-21-11-5-3-8-17(21)28(36)44/h3-6,8-9,11-12,19-20H,7,10,13-16H2,1-2H3,(H,33,43)(H,34,38)(H,35,42)(H,40,41)(H4,30,31,32)/t19-,20-/m0/s1. The lowest BCUT2D eigenvalue weighted by molar-refractivity contribution is -0.140. The lowest BCUT2D eigenvalue weighted by atomic mass is 10.1. The van der Waals surface area contributed by atoms with Gasteiger partial charge in [0.15, 0.2) is 5.96 Å². The van der Waals surface area contributed by atoms with E-state index in [1.807, 2.05) is 0 Å². The highest BCUT2D eigenvalue weighted by Crippen LogP contribution is 2.42. The molecule has 5 amide bonds. The Bertz CT molecular complexity index is 1500. The zero-order valence-electron chi connectivity index (χ0n) is 25.2. The largest absolute Gasteiger partial charge is 0.481 e. The number of aliphatic imine (C=N–C) groups is 1. The topological polar surface area (TPSA) is 230 Å². The van der Waals surface area contributed by atoms with E-state index in [2.05, 4.69) is 20.9 Å². The number of amides is 5. The van der Waals surface area contributed by atoms with Crippen LogP contribution < -0.4 is 27.4 Å². The van der Waals surface area contributed by atoms with Crippen LogP contribution in [-0.2, 0) is 24.0 Å². The number of nitrogens with one attached hydrogen (secondary N) is 3. The van der Waals surface area contributed by atoms with Gasteiger partial charge in [0.05, 0.1) is 30.8 Å². The van der Waals surface area contributed by atoms with Gasteiger partial charge in [-0.05, 0) is 37.1 Å². The Morgan fingerprint density at radius 3 is 2.33 bits per heavy atom. The van der Waals surface area contributed by atoms with Gasteiger partial charge in [-0.25, -0.2) is 0 Å². The number of fused-ring (bicyclic) bond motifs is 2. The van der Waals surface area contributed by atoms with Gasteiger partial charge < -0.3 is 42.3 Å². The first-order valence-corrected chi connectivity index (χ1v) is 16.2. The number of likely N-dealkylation sites (N-methyl/N-ethyl adjacent to an activating group) is 2. The van der Waals surface area contributed by atoms with E-state index in [0.29, 0.717) is 27.5 Å². The number of guanidine groups is 1. The van der Waals surface area contributed by atoms with Crippen molar-refractivity contribution in [1.29, 1.82) is 0 Å². The Balaban J connectivity index is 1.97. The number of carbonyl (C=O) groups excluding carboxylic acids is 5. The van der Waals surface area contributed by atoms with E-state index in [9.17, 15) is 33.9 Å². The number of anilines is 1. The minimum atomic E-state index is -1.47. The number of carboxylic acid groups (broad SMARTS) is 1. The third-order valence-electron chi connectivity index (χ3n) is 6.75. The fraction of sp³-hybridized carbons (Fsp3) is 0.345. The van der Waals surface area contributed by atoms with Crippen LogP contribution in [0.2, 0.25) is 0 Å². The van der Waals surface area contributed by atoms with Gasteiger partial charge in [0.2, 0.25) is 23.6 Å². The second-order valence-corrected chi connectivity index (χ2v) is 12.4. The Labute approximate surface area is 273 Å². The first-order valence-electron chi connectivity index (χ1n) is 14.1. The van der Waals surface area contributed by atoms with Gasteiger partial charge >= 0.3 is 5.97 Å². The summed E-state index contributed by atoms with van der Waals surface area (Å²) in [5.74, 6) is -4.73. The summed E-state index contributed by atoms with van der Waals surface area (Å²) in [5, 5.41) is 16.9. The van der Waals surface area contributed by atoms with Crippen molar-refractivity contribution in [1.82, 2.24) is 20.4 Å². The van der Waals surface area contributed by atoms with Crippen molar-refractivity contribution in [2.24, 2.45) is 16.5 Å². The zero-order chi connectivity index (χ0) is 33.8. The van der Waals surface area contributed by atoms with Crippen LogP contribution in [0.25, 0.3) is 0 Å². The number of hydrogen-bond donors (Lipinski definition) is 6. The van der Waals surface area contributed by atoms with E-state index in [4.69, 9.17) is 11.5 Å². The van der Waals surface area contributed by atoms with Gasteiger partial charge in [-0.1, -0.05) is 45.9 Å². The van der Waals surface area contributed by atoms with Crippen LogP contribution in [-0.4, -0.2) is 102 Å². The summed E-state index contributed by atoms with van der Waals surface area (Å²) >= 11 is 0. The normalized spacial score (nSPS) is 18.8. The van der Waals surface area contributed by atoms with Crippen molar-refractivity contribution in [2.75, 3.05) is 39.0 Å². The summed E-state index contributed by atoms with van der Waals surface area (Å²) in [6.07, 6.45) is -0.299.